The van der Waals surface area contributed by atoms with E-state index in [2.05, 4.69) is 30.3 Å². The first-order chi connectivity index (χ1) is 8.72. The first-order valence-corrected chi connectivity index (χ1v) is 6.30. The fraction of sp³-hybridized carbons (Fsp3) is 0.333. The van der Waals surface area contributed by atoms with Crippen LogP contribution in [0.1, 0.15) is 12.0 Å². The second-order valence-corrected chi connectivity index (χ2v) is 4.98. The van der Waals surface area contributed by atoms with Crippen LogP contribution in [0.15, 0.2) is 42.5 Å². The van der Waals surface area contributed by atoms with Gasteiger partial charge in [-0.3, -0.25) is 4.90 Å². The summed E-state index contributed by atoms with van der Waals surface area (Å²) in [6.07, 6.45) is -0.472. The van der Waals surface area contributed by atoms with E-state index < -0.39 is 12.3 Å². The van der Waals surface area contributed by atoms with Crippen molar-refractivity contribution in [2.75, 3.05) is 6.54 Å². The van der Waals surface area contributed by atoms with Crippen LogP contribution in [0.4, 0.5) is 0 Å². The van der Waals surface area contributed by atoms with Gasteiger partial charge in [0.05, 0.1) is 6.10 Å². The third-order valence-corrected chi connectivity index (χ3v) is 3.55. The molecule has 0 spiro atoms. The molecule has 1 heterocycles. The highest BCUT2D eigenvalue weighted by Crippen LogP contribution is 2.21. The first kappa shape index (κ1) is 11.7. The molecule has 1 aliphatic heterocycles. The number of aliphatic hydroxyl groups excluding tert-OH is 2. The summed E-state index contributed by atoms with van der Waals surface area (Å²) in [5, 5.41) is 21.8. The van der Waals surface area contributed by atoms with Crippen molar-refractivity contribution < 1.29 is 10.2 Å². The van der Waals surface area contributed by atoms with E-state index in [1.165, 1.54) is 16.3 Å². The highest BCUT2D eigenvalue weighted by molar-refractivity contribution is 5.82. The number of nitrogens with zero attached hydrogens (tertiary/aromatic N) is 1. The summed E-state index contributed by atoms with van der Waals surface area (Å²) in [4.78, 5) is 1.91. The van der Waals surface area contributed by atoms with Gasteiger partial charge in [-0.1, -0.05) is 36.4 Å². The predicted molar refractivity (Wildman–Crippen MR) is 71.0 cm³/mol. The van der Waals surface area contributed by atoms with Gasteiger partial charge in [0.25, 0.3) is 0 Å². The van der Waals surface area contributed by atoms with Crippen LogP contribution < -0.4 is 0 Å². The van der Waals surface area contributed by atoms with E-state index in [0.717, 1.165) is 0 Å². The molecule has 3 nitrogen and oxygen atoms in total. The SMILES string of the molecule is O[C@@H]1C[C@H](O)N(Cc2ccc3ccccc3c2)C1. The maximum Gasteiger partial charge on any atom is 0.110 e. The Balaban J connectivity index is 1.82. The minimum Gasteiger partial charge on any atom is -0.392 e. The normalized spacial score (nSPS) is 24.8. The molecule has 94 valence electrons. The van der Waals surface area contributed by atoms with E-state index in [1.807, 2.05) is 17.0 Å². The fourth-order valence-corrected chi connectivity index (χ4v) is 2.60. The highest BCUT2D eigenvalue weighted by Gasteiger charge is 2.28. The Morgan fingerprint density at radius 1 is 1.06 bits per heavy atom. The smallest absolute Gasteiger partial charge is 0.110 e. The Kier molecular flexibility index (Phi) is 3.04. The predicted octanol–water partition coefficient (Wildman–Crippen LogP) is 1.72. The van der Waals surface area contributed by atoms with E-state index >= 15 is 0 Å². The molecule has 0 aliphatic carbocycles. The largest absolute Gasteiger partial charge is 0.392 e. The Morgan fingerprint density at radius 3 is 2.56 bits per heavy atom. The van der Waals surface area contributed by atoms with Crippen molar-refractivity contribution >= 4 is 10.8 Å². The summed E-state index contributed by atoms with van der Waals surface area (Å²) in [5.74, 6) is 0. The Bertz CT molecular complexity index is 555. The number of β-amino-alcohol motifs (C(OH)–C–C–N with tert-alkyl or cyclic N) is 1. The van der Waals surface area contributed by atoms with Gasteiger partial charge in [0.1, 0.15) is 6.23 Å². The van der Waals surface area contributed by atoms with Gasteiger partial charge in [-0.05, 0) is 22.4 Å². The topological polar surface area (TPSA) is 43.7 Å². The summed E-state index contributed by atoms with van der Waals surface area (Å²) in [6, 6.07) is 14.6. The third kappa shape index (κ3) is 2.25. The molecule has 0 saturated carbocycles. The molecule has 1 fully saturated rings. The van der Waals surface area contributed by atoms with Crippen molar-refractivity contribution in [3.8, 4) is 0 Å². The van der Waals surface area contributed by atoms with Crippen LogP contribution in [-0.4, -0.2) is 34.0 Å². The summed E-state index contributed by atoms with van der Waals surface area (Å²) in [7, 11) is 0. The van der Waals surface area contributed by atoms with Crippen molar-refractivity contribution in [1.29, 1.82) is 0 Å². The molecular formula is C15H17NO2. The van der Waals surface area contributed by atoms with E-state index in [9.17, 15) is 10.2 Å². The van der Waals surface area contributed by atoms with Crippen LogP contribution in [0.25, 0.3) is 10.8 Å². The number of benzene rings is 2. The monoisotopic (exact) mass is 243 g/mol. The standard InChI is InChI=1S/C15H17NO2/c17-14-8-15(18)16(10-14)9-11-5-6-12-3-1-2-4-13(12)7-11/h1-7,14-15,17-18H,8-10H2/t14-,15+/m1/s1. The molecule has 2 atom stereocenters. The molecule has 2 aromatic rings. The van der Waals surface area contributed by atoms with Gasteiger partial charge in [0.15, 0.2) is 0 Å². The molecule has 0 unspecified atom stereocenters. The van der Waals surface area contributed by atoms with Crippen molar-refractivity contribution in [3.63, 3.8) is 0 Å². The zero-order valence-corrected chi connectivity index (χ0v) is 10.2. The molecule has 1 aliphatic rings. The average Bonchev–Trinajstić information content (AvgIpc) is 2.68. The number of hydrogen-bond donors (Lipinski definition) is 2. The molecule has 0 amide bonds. The summed E-state index contributed by atoms with van der Waals surface area (Å²) < 4.78 is 0. The lowest BCUT2D eigenvalue weighted by atomic mass is 10.1. The third-order valence-electron chi connectivity index (χ3n) is 3.55. The minimum absolute atomic E-state index is 0.402. The second-order valence-electron chi connectivity index (χ2n) is 4.98. The van der Waals surface area contributed by atoms with Crippen molar-refractivity contribution in [3.05, 3.63) is 48.0 Å². The molecule has 2 N–H and O–H groups in total. The molecule has 18 heavy (non-hydrogen) atoms. The van der Waals surface area contributed by atoms with Gasteiger partial charge in [-0.2, -0.15) is 0 Å². The van der Waals surface area contributed by atoms with E-state index in [0.29, 0.717) is 19.5 Å². The number of likely N-dealkylation sites (tertiary alicyclic amines) is 1. The van der Waals surface area contributed by atoms with Crippen molar-refractivity contribution in [2.45, 2.75) is 25.3 Å². The van der Waals surface area contributed by atoms with Crippen LogP contribution in [0, 0.1) is 0 Å². The summed E-state index contributed by atoms with van der Waals surface area (Å²) in [5.41, 5.74) is 1.17. The van der Waals surface area contributed by atoms with Gasteiger partial charge in [-0.25, -0.2) is 0 Å². The van der Waals surface area contributed by atoms with Crippen molar-refractivity contribution in [1.82, 2.24) is 4.90 Å². The fourth-order valence-electron chi connectivity index (χ4n) is 2.60. The van der Waals surface area contributed by atoms with E-state index in [1.54, 1.807) is 0 Å². The molecule has 0 radical (unpaired) electrons. The zero-order valence-electron chi connectivity index (χ0n) is 10.2. The van der Waals surface area contributed by atoms with Crippen LogP contribution in [0.5, 0.6) is 0 Å². The Morgan fingerprint density at radius 2 is 1.83 bits per heavy atom. The van der Waals surface area contributed by atoms with Crippen LogP contribution in [0.2, 0.25) is 0 Å². The maximum absolute atomic E-state index is 9.80. The van der Waals surface area contributed by atoms with Crippen LogP contribution in [-0.2, 0) is 6.54 Å². The molecule has 2 aromatic carbocycles. The minimum atomic E-state index is -0.522. The lowest BCUT2D eigenvalue weighted by Gasteiger charge is -2.19. The number of hydrogen-bond acceptors (Lipinski definition) is 3. The van der Waals surface area contributed by atoms with Gasteiger partial charge in [0.2, 0.25) is 0 Å². The number of fused-ring (bicyclic) bond motifs is 1. The highest BCUT2D eigenvalue weighted by atomic mass is 16.3. The van der Waals surface area contributed by atoms with Crippen molar-refractivity contribution in [2.24, 2.45) is 0 Å². The quantitative estimate of drug-likeness (QED) is 0.844. The second kappa shape index (κ2) is 4.69. The first-order valence-electron chi connectivity index (χ1n) is 6.30. The Hall–Kier alpha value is -1.42. The lowest BCUT2D eigenvalue weighted by molar-refractivity contribution is 0.0327. The van der Waals surface area contributed by atoms with Crippen LogP contribution >= 0.6 is 0 Å². The van der Waals surface area contributed by atoms with Gasteiger partial charge in [0, 0.05) is 19.5 Å². The molecule has 0 aromatic heterocycles. The molecule has 3 rings (SSSR count). The Labute approximate surface area is 106 Å². The van der Waals surface area contributed by atoms with Gasteiger partial charge in [-0.15, -0.1) is 0 Å². The summed E-state index contributed by atoms with van der Waals surface area (Å²) in [6.45, 7) is 1.23. The molecule has 3 heteroatoms. The zero-order chi connectivity index (χ0) is 12.5. The van der Waals surface area contributed by atoms with Gasteiger partial charge < -0.3 is 10.2 Å². The average molecular weight is 243 g/mol. The number of aliphatic hydroxyl groups is 2. The van der Waals surface area contributed by atoms with Gasteiger partial charge >= 0.3 is 0 Å². The maximum atomic E-state index is 9.80. The molecule has 0 bridgehead atoms. The van der Waals surface area contributed by atoms with E-state index in [-0.39, 0.29) is 0 Å². The summed E-state index contributed by atoms with van der Waals surface area (Å²) >= 11 is 0. The lowest BCUT2D eigenvalue weighted by Crippen LogP contribution is -2.28. The van der Waals surface area contributed by atoms with E-state index in [4.69, 9.17) is 0 Å². The molecule has 1 saturated heterocycles. The van der Waals surface area contributed by atoms with Crippen LogP contribution in [0.3, 0.4) is 0 Å². The number of rotatable bonds is 2. The molecular weight excluding hydrogens is 226 g/mol.